The molecular weight excluding hydrogens is 460 g/mol. The Bertz CT molecular complexity index is 1330. The zero-order valence-electron chi connectivity index (χ0n) is 18.0. The Balaban J connectivity index is 1.66. The molecule has 170 valence electrons. The van der Waals surface area contributed by atoms with Gasteiger partial charge in [-0.3, -0.25) is 4.79 Å². The number of nitrogens with one attached hydrogen (secondary N) is 1. The molecule has 1 aliphatic rings. The fourth-order valence-corrected chi connectivity index (χ4v) is 5.88. The van der Waals surface area contributed by atoms with Crippen molar-refractivity contribution in [1.82, 2.24) is 0 Å². The largest absolute Gasteiger partial charge is 0.496 e. The first-order valence-electron chi connectivity index (χ1n) is 9.94. The average molecular weight is 483 g/mol. The van der Waals surface area contributed by atoms with E-state index in [1.165, 1.54) is 32.0 Å². The Labute approximate surface area is 196 Å². The molecule has 3 aromatic rings. The smallest absolute Gasteiger partial charge is 0.262 e. The first-order chi connectivity index (χ1) is 15.8. The molecule has 1 heterocycles. The summed E-state index contributed by atoms with van der Waals surface area (Å²) < 4.78 is 37.2. The Morgan fingerprint density at radius 2 is 1.67 bits per heavy atom. The van der Waals surface area contributed by atoms with E-state index in [2.05, 4.69) is 5.32 Å². The van der Waals surface area contributed by atoms with Crippen molar-refractivity contribution in [2.24, 2.45) is 0 Å². The topological polar surface area (TPSA) is 108 Å². The normalized spacial score (nSPS) is 14.5. The van der Waals surface area contributed by atoms with E-state index in [1.807, 2.05) is 12.1 Å². The summed E-state index contributed by atoms with van der Waals surface area (Å²) in [4.78, 5) is 13.8. The van der Waals surface area contributed by atoms with Crippen molar-refractivity contribution in [3.63, 3.8) is 0 Å². The number of benzene rings is 3. The van der Waals surface area contributed by atoms with Crippen molar-refractivity contribution in [1.29, 1.82) is 0 Å². The Morgan fingerprint density at radius 1 is 1.00 bits per heavy atom. The second-order valence-electron chi connectivity index (χ2n) is 7.29. The molecule has 0 spiro atoms. The molecule has 0 saturated heterocycles. The lowest BCUT2D eigenvalue weighted by Crippen LogP contribution is -2.17. The summed E-state index contributed by atoms with van der Waals surface area (Å²) in [5.41, 5.74) is 8.18. The molecule has 0 bridgehead atoms. The summed E-state index contributed by atoms with van der Waals surface area (Å²) in [6.07, 6.45) is 1.74. The average Bonchev–Trinajstić information content (AvgIpc) is 2.80. The maximum absolute atomic E-state index is 13.3. The van der Waals surface area contributed by atoms with Crippen LogP contribution in [0.5, 0.6) is 11.5 Å². The van der Waals surface area contributed by atoms with Gasteiger partial charge in [-0.15, -0.1) is 0 Å². The van der Waals surface area contributed by atoms with Crippen molar-refractivity contribution in [2.75, 3.05) is 25.3 Å². The van der Waals surface area contributed by atoms with Gasteiger partial charge in [-0.2, -0.15) is 0 Å². The third-order valence-corrected chi connectivity index (χ3v) is 7.82. The Morgan fingerprint density at radius 3 is 2.30 bits per heavy atom. The summed E-state index contributed by atoms with van der Waals surface area (Å²) in [7, 11) is -0.758. The number of sulfone groups is 1. The number of nitrogens with two attached hydrogens (primary N) is 1. The highest BCUT2D eigenvalue weighted by Gasteiger charge is 2.26. The lowest BCUT2D eigenvalue weighted by Gasteiger charge is -2.20. The van der Waals surface area contributed by atoms with Crippen molar-refractivity contribution < 1.29 is 22.7 Å². The summed E-state index contributed by atoms with van der Waals surface area (Å²) in [6, 6.07) is 16.9. The van der Waals surface area contributed by atoms with Gasteiger partial charge < -0.3 is 20.5 Å². The summed E-state index contributed by atoms with van der Waals surface area (Å²) >= 11 is 1.22. The molecule has 33 heavy (non-hydrogen) atoms. The van der Waals surface area contributed by atoms with Gasteiger partial charge in [0.25, 0.3) is 5.91 Å². The second kappa shape index (κ2) is 9.21. The molecule has 0 unspecified atom stereocenters. The molecule has 3 N–H and O–H groups in total. The van der Waals surface area contributed by atoms with Gasteiger partial charge in [-0.25, -0.2) is 8.42 Å². The first-order valence-corrected chi connectivity index (χ1v) is 12.4. The van der Waals surface area contributed by atoms with Crippen LogP contribution in [0.2, 0.25) is 0 Å². The molecule has 0 aliphatic carbocycles. The van der Waals surface area contributed by atoms with Gasteiger partial charge in [0.05, 0.1) is 41.0 Å². The molecule has 4 rings (SSSR count). The van der Waals surface area contributed by atoms with E-state index < -0.39 is 9.84 Å². The van der Waals surface area contributed by atoms with Crippen LogP contribution in [0.4, 0.5) is 11.4 Å². The molecule has 1 aliphatic heterocycles. The van der Waals surface area contributed by atoms with Crippen LogP contribution in [-0.4, -0.2) is 28.5 Å². The van der Waals surface area contributed by atoms with Crippen molar-refractivity contribution in [3.05, 3.63) is 76.7 Å². The maximum Gasteiger partial charge on any atom is 0.262 e. The molecule has 3 aromatic carbocycles. The number of anilines is 2. The van der Waals surface area contributed by atoms with E-state index in [0.29, 0.717) is 38.2 Å². The van der Waals surface area contributed by atoms with Crippen molar-refractivity contribution in [3.8, 4) is 11.5 Å². The number of amides is 1. The van der Waals surface area contributed by atoms with Gasteiger partial charge in [-0.05, 0) is 54.1 Å². The van der Waals surface area contributed by atoms with Crippen LogP contribution < -0.4 is 20.5 Å². The van der Waals surface area contributed by atoms with E-state index in [0.717, 1.165) is 5.56 Å². The van der Waals surface area contributed by atoms with Gasteiger partial charge in [0.1, 0.15) is 11.5 Å². The lowest BCUT2D eigenvalue weighted by molar-refractivity contribution is -0.112. The van der Waals surface area contributed by atoms with Crippen LogP contribution in [-0.2, 0) is 20.4 Å². The van der Waals surface area contributed by atoms with Crippen LogP contribution in [0.3, 0.4) is 0 Å². The number of hydrogen-bond acceptors (Lipinski definition) is 7. The minimum Gasteiger partial charge on any atom is -0.496 e. The SMILES string of the molecule is COc1cccc(OC)c1CS(=O)(=O)c1ccc2c(c1)S/C(=C\c1ccc(N)cc1)C(=O)N2. The number of carbonyl (C=O) groups is 1. The van der Waals surface area contributed by atoms with E-state index >= 15 is 0 Å². The van der Waals surface area contributed by atoms with Crippen LogP contribution in [0.1, 0.15) is 11.1 Å². The maximum atomic E-state index is 13.3. The van der Waals surface area contributed by atoms with Crippen LogP contribution in [0.25, 0.3) is 6.08 Å². The molecular formula is C24H22N2O5S2. The minimum absolute atomic E-state index is 0.143. The number of fused-ring (bicyclic) bond motifs is 1. The molecule has 0 aromatic heterocycles. The summed E-state index contributed by atoms with van der Waals surface area (Å²) in [5, 5.41) is 2.82. The van der Waals surface area contributed by atoms with Crippen molar-refractivity contribution >= 4 is 45.0 Å². The van der Waals surface area contributed by atoms with Crippen LogP contribution in [0.15, 0.2) is 75.4 Å². The second-order valence-corrected chi connectivity index (χ2v) is 10.4. The van der Waals surface area contributed by atoms with E-state index in [9.17, 15) is 13.2 Å². The number of carbonyl (C=O) groups excluding carboxylic acids is 1. The van der Waals surface area contributed by atoms with Gasteiger partial charge in [0.15, 0.2) is 9.84 Å². The Kier molecular flexibility index (Phi) is 6.35. The number of rotatable bonds is 6. The minimum atomic E-state index is -3.73. The molecule has 9 heteroatoms. The van der Waals surface area contributed by atoms with Gasteiger partial charge in [-0.1, -0.05) is 30.0 Å². The monoisotopic (exact) mass is 482 g/mol. The highest BCUT2D eigenvalue weighted by Crippen LogP contribution is 2.41. The van der Waals surface area contributed by atoms with Crippen LogP contribution >= 0.6 is 11.8 Å². The molecule has 1 amide bonds. The molecule has 7 nitrogen and oxygen atoms in total. The van der Waals surface area contributed by atoms with E-state index in [-0.39, 0.29) is 16.6 Å². The fourth-order valence-electron chi connectivity index (χ4n) is 3.41. The first kappa shape index (κ1) is 22.8. The lowest BCUT2D eigenvalue weighted by atomic mass is 10.2. The number of thioether (sulfide) groups is 1. The van der Waals surface area contributed by atoms with Crippen LogP contribution in [0, 0.1) is 0 Å². The molecule has 0 saturated carbocycles. The molecule has 0 atom stereocenters. The number of methoxy groups -OCH3 is 2. The molecule has 0 radical (unpaired) electrons. The quantitative estimate of drug-likeness (QED) is 0.397. The predicted octanol–water partition coefficient (Wildman–Crippen LogP) is 4.35. The number of hydrogen-bond donors (Lipinski definition) is 2. The third kappa shape index (κ3) is 4.84. The highest BCUT2D eigenvalue weighted by molar-refractivity contribution is 8.04. The highest BCUT2D eigenvalue weighted by atomic mass is 32.2. The standard InChI is InChI=1S/C24H22N2O5S2/c1-30-20-4-3-5-21(31-2)18(20)14-33(28,29)17-10-11-19-22(13-17)32-23(24(27)26-19)12-15-6-8-16(25)9-7-15/h3-13H,14,25H2,1-2H3,(H,26,27)/b23-12-. The van der Waals surface area contributed by atoms with Gasteiger partial charge >= 0.3 is 0 Å². The predicted molar refractivity (Wildman–Crippen MR) is 130 cm³/mol. The summed E-state index contributed by atoms with van der Waals surface area (Å²) in [6.45, 7) is 0. The summed E-state index contributed by atoms with van der Waals surface area (Å²) in [5.74, 6) is 0.334. The number of ether oxygens (including phenoxy) is 2. The third-order valence-electron chi connectivity index (χ3n) is 5.10. The van der Waals surface area contributed by atoms with Gasteiger partial charge in [0.2, 0.25) is 0 Å². The zero-order chi connectivity index (χ0) is 23.6. The van der Waals surface area contributed by atoms with Crippen molar-refractivity contribution in [2.45, 2.75) is 15.5 Å². The number of nitrogen functional groups attached to an aromatic ring is 1. The molecule has 0 fully saturated rings. The fraction of sp³-hybridized carbons (Fsp3) is 0.125. The van der Waals surface area contributed by atoms with Gasteiger partial charge in [0, 0.05) is 10.6 Å². The zero-order valence-corrected chi connectivity index (χ0v) is 19.6. The Hall–Kier alpha value is -3.43. The van der Waals surface area contributed by atoms with E-state index in [1.54, 1.807) is 48.5 Å². The van der Waals surface area contributed by atoms with E-state index in [4.69, 9.17) is 15.2 Å².